The second-order valence-electron chi connectivity index (χ2n) is 4.52. The first-order valence-corrected chi connectivity index (χ1v) is 6.84. The molecule has 100 valence electrons. The van der Waals surface area contributed by atoms with Crippen molar-refractivity contribution >= 4 is 11.6 Å². The average molecular weight is 276 g/mol. The molecule has 2 rings (SSSR count). The van der Waals surface area contributed by atoms with Crippen molar-refractivity contribution in [3.8, 4) is 0 Å². The molecule has 0 radical (unpaired) electrons. The zero-order valence-electron chi connectivity index (χ0n) is 11.2. The maximum absolute atomic E-state index is 6.21. The Bertz CT molecular complexity index is 525. The van der Waals surface area contributed by atoms with E-state index in [-0.39, 0.29) is 6.04 Å². The van der Waals surface area contributed by atoms with E-state index >= 15 is 0 Å². The van der Waals surface area contributed by atoms with E-state index in [9.17, 15) is 0 Å². The Kier molecular flexibility index (Phi) is 4.88. The topological polar surface area (TPSA) is 37.8 Å². The lowest BCUT2D eigenvalue weighted by Crippen LogP contribution is -2.25. The lowest BCUT2D eigenvalue weighted by Gasteiger charge is -2.17. The van der Waals surface area contributed by atoms with E-state index in [4.69, 9.17) is 11.6 Å². The number of hydrogen-bond acceptors (Lipinski definition) is 3. The van der Waals surface area contributed by atoms with Gasteiger partial charge in [-0.2, -0.15) is 0 Å². The minimum Gasteiger partial charge on any atom is -0.307 e. The zero-order valence-corrected chi connectivity index (χ0v) is 12.0. The first kappa shape index (κ1) is 14.0. The van der Waals surface area contributed by atoms with Gasteiger partial charge in [-0.1, -0.05) is 36.7 Å². The molecular formula is C15H18ClN3. The van der Waals surface area contributed by atoms with E-state index in [2.05, 4.69) is 22.2 Å². The van der Waals surface area contributed by atoms with Crippen LogP contribution in [0.5, 0.6) is 0 Å². The number of rotatable bonds is 5. The number of benzene rings is 1. The van der Waals surface area contributed by atoms with Crippen LogP contribution < -0.4 is 5.32 Å². The van der Waals surface area contributed by atoms with Gasteiger partial charge in [0.1, 0.15) is 5.82 Å². The highest BCUT2D eigenvalue weighted by atomic mass is 35.5. The molecule has 0 fully saturated rings. The molecule has 1 aromatic heterocycles. The molecule has 4 heteroatoms. The van der Waals surface area contributed by atoms with Crippen LogP contribution in [0.4, 0.5) is 0 Å². The van der Waals surface area contributed by atoms with Gasteiger partial charge >= 0.3 is 0 Å². The molecule has 0 aliphatic carbocycles. The fraction of sp³-hybridized carbons (Fsp3) is 0.333. The highest BCUT2D eigenvalue weighted by Gasteiger charge is 2.15. The molecule has 1 unspecified atom stereocenters. The summed E-state index contributed by atoms with van der Waals surface area (Å²) in [5.74, 6) is 0.812. The predicted octanol–water partition coefficient (Wildman–Crippen LogP) is 3.33. The number of halogens is 1. The third kappa shape index (κ3) is 3.75. The maximum Gasteiger partial charge on any atom is 0.145 e. The summed E-state index contributed by atoms with van der Waals surface area (Å²) in [6.07, 6.45) is 4.48. The van der Waals surface area contributed by atoms with Crippen molar-refractivity contribution in [2.45, 2.75) is 26.3 Å². The summed E-state index contributed by atoms with van der Waals surface area (Å²) >= 11 is 6.21. The van der Waals surface area contributed by atoms with Gasteiger partial charge in [-0.15, -0.1) is 0 Å². The van der Waals surface area contributed by atoms with Gasteiger partial charge < -0.3 is 5.32 Å². The predicted molar refractivity (Wildman–Crippen MR) is 78.3 cm³/mol. The molecule has 0 aliphatic heterocycles. The summed E-state index contributed by atoms with van der Waals surface area (Å²) in [5, 5.41) is 4.20. The Balaban J connectivity index is 2.21. The Morgan fingerprint density at radius 1 is 1.21 bits per heavy atom. The second kappa shape index (κ2) is 6.64. The molecule has 0 amide bonds. The minimum atomic E-state index is 0.0884. The fourth-order valence-corrected chi connectivity index (χ4v) is 2.18. The SMILES string of the molecule is CCNC(Cc1ccccc1Cl)c1ncc(C)cn1. The number of aryl methyl sites for hydroxylation is 1. The molecule has 1 heterocycles. The third-order valence-electron chi connectivity index (χ3n) is 2.94. The molecule has 0 bridgehead atoms. The third-order valence-corrected chi connectivity index (χ3v) is 3.31. The average Bonchev–Trinajstić information content (AvgIpc) is 2.42. The molecule has 0 spiro atoms. The molecule has 0 aliphatic rings. The van der Waals surface area contributed by atoms with E-state index in [1.54, 1.807) is 0 Å². The van der Waals surface area contributed by atoms with Crippen molar-refractivity contribution < 1.29 is 0 Å². The number of likely N-dealkylation sites (N-methyl/N-ethyl adjacent to an activating group) is 1. The van der Waals surface area contributed by atoms with Crippen molar-refractivity contribution in [2.24, 2.45) is 0 Å². The van der Waals surface area contributed by atoms with Gasteiger partial charge in [-0.3, -0.25) is 0 Å². The fourth-order valence-electron chi connectivity index (χ4n) is 1.97. The number of hydrogen-bond donors (Lipinski definition) is 1. The second-order valence-corrected chi connectivity index (χ2v) is 4.93. The van der Waals surface area contributed by atoms with E-state index in [0.717, 1.165) is 34.9 Å². The quantitative estimate of drug-likeness (QED) is 0.909. The van der Waals surface area contributed by atoms with Crippen LogP contribution in [0, 0.1) is 6.92 Å². The van der Waals surface area contributed by atoms with E-state index in [0.29, 0.717) is 0 Å². The molecule has 1 aromatic carbocycles. The van der Waals surface area contributed by atoms with Crippen molar-refractivity contribution in [3.05, 3.63) is 58.6 Å². The van der Waals surface area contributed by atoms with Crippen molar-refractivity contribution in [2.75, 3.05) is 6.54 Å². The van der Waals surface area contributed by atoms with Crippen LogP contribution in [0.2, 0.25) is 5.02 Å². The molecule has 2 aromatic rings. The molecule has 0 saturated carbocycles. The molecule has 1 atom stereocenters. The summed E-state index contributed by atoms with van der Waals surface area (Å²) in [6, 6.07) is 7.98. The van der Waals surface area contributed by atoms with Gasteiger partial charge in [-0.25, -0.2) is 9.97 Å². The van der Waals surface area contributed by atoms with Crippen LogP contribution in [0.25, 0.3) is 0 Å². The van der Waals surface area contributed by atoms with Crippen LogP contribution in [0.15, 0.2) is 36.7 Å². The summed E-state index contributed by atoms with van der Waals surface area (Å²) in [7, 11) is 0. The van der Waals surface area contributed by atoms with Crippen molar-refractivity contribution in [1.29, 1.82) is 0 Å². The van der Waals surface area contributed by atoms with Gasteiger partial charge in [0, 0.05) is 17.4 Å². The van der Waals surface area contributed by atoms with E-state index in [1.165, 1.54) is 0 Å². The lowest BCUT2D eigenvalue weighted by atomic mass is 10.1. The number of aromatic nitrogens is 2. The first-order chi connectivity index (χ1) is 9.20. The largest absolute Gasteiger partial charge is 0.307 e. The monoisotopic (exact) mass is 275 g/mol. The lowest BCUT2D eigenvalue weighted by molar-refractivity contribution is 0.521. The summed E-state index contributed by atoms with van der Waals surface area (Å²) < 4.78 is 0. The zero-order chi connectivity index (χ0) is 13.7. The summed E-state index contributed by atoms with van der Waals surface area (Å²) in [5.41, 5.74) is 2.18. The van der Waals surface area contributed by atoms with Crippen LogP contribution >= 0.6 is 11.6 Å². The molecule has 3 nitrogen and oxygen atoms in total. The summed E-state index contributed by atoms with van der Waals surface area (Å²) in [4.78, 5) is 8.81. The Hall–Kier alpha value is -1.45. The molecule has 19 heavy (non-hydrogen) atoms. The number of nitrogens with one attached hydrogen (secondary N) is 1. The van der Waals surface area contributed by atoms with Gasteiger partial charge in [-0.05, 0) is 37.1 Å². The molecular weight excluding hydrogens is 258 g/mol. The van der Waals surface area contributed by atoms with E-state index in [1.807, 2.05) is 43.6 Å². The van der Waals surface area contributed by atoms with E-state index < -0.39 is 0 Å². The normalized spacial score (nSPS) is 12.4. The van der Waals surface area contributed by atoms with Gasteiger partial charge in [0.05, 0.1) is 6.04 Å². The van der Waals surface area contributed by atoms with Gasteiger partial charge in [0.2, 0.25) is 0 Å². The van der Waals surface area contributed by atoms with Crippen LogP contribution in [-0.2, 0) is 6.42 Å². The highest BCUT2D eigenvalue weighted by Crippen LogP contribution is 2.21. The smallest absolute Gasteiger partial charge is 0.145 e. The molecule has 1 N–H and O–H groups in total. The standard InChI is InChI=1S/C15H18ClN3/c1-3-17-14(15-18-9-11(2)10-19-15)8-12-6-4-5-7-13(12)16/h4-7,9-10,14,17H,3,8H2,1-2H3. The number of nitrogens with zero attached hydrogens (tertiary/aromatic N) is 2. The van der Waals surface area contributed by atoms with Crippen LogP contribution in [0.1, 0.15) is 29.9 Å². The summed E-state index contributed by atoms with van der Waals surface area (Å²) in [6.45, 7) is 4.93. The van der Waals surface area contributed by atoms with Crippen LogP contribution in [0.3, 0.4) is 0 Å². The van der Waals surface area contributed by atoms with Gasteiger partial charge in [0.25, 0.3) is 0 Å². The Morgan fingerprint density at radius 3 is 2.53 bits per heavy atom. The van der Waals surface area contributed by atoms with Crippen molar-refractivity contribution in [3.63, 3.8) is 0 Å². The first-order valence-electron chi connectivity index (χ1n) is 6.46. The minimum absolute atomic E-state index is 0.0884. The van der Waals surface area contributed by atoms with Crippen LogP contribution in [-0.4, -0.2) is 16.5 Å². The molecule has 0 saturated heterocycles. The Labute approximate surface area is 119 Å². The maximum atomic E-state index is 6.21. The van der Waals surface area contributed by atoms with Crippen molar-refractivity contribution in [1.82, 2.24) is 15.3 Å². The Morgan fingerprint density at radius 2 is 1.89 bits per heavy atom. The highest BCUT2D eigenvalue weighted by molar-refractivity contribution is 6.31. The van der Waals surface area contributed by atoms with Gasteiger partial charge in [0.15, 0.2) is 0 Å².